The van der Waals surface area contributed by atoms with Crippen LogP contribution < -0.4 is 15.4 Å². The van der Waals surface area contributed by atoms with Crippen molar-refractivity contribution >= 4 is 11.8 Å². The number of unbranched alkanes of at least 4 members (excludes halogenated alkanes) is 1. The van der Waals surface area contributed by atoms with E-state index in [1.807, 2.05) is 24.3 Å². The number of ether oxygens (including phenoxy) is 1. The van der Waals surface area contributed by atoms with Crippen LogP contribution in [0.5, 0.6) is 5.75 Å². The van der Waals surface area contributed by atoms with Crippen LogP contribution in [0.3, 0.4) is 0 Å². The van der Waals surface area contributed by atoms with Crippen LogP contribution in [0.4, 0.5) is 0 Å². The first-order chi connectivity index (χ1) is 11.1. The van der Waals surface area contributed by atoms with E-state index in [1.54, 1.807) is 7.11 Å². The Hall–Kier alpha value is -2.04. The molecule has 0 aliphatic rings. The minimum absolute atomic E-state index is 0.267. The Morgan fingerprint density at radius 3 is 2.48 bits per heavy atom. The molecule has 0 radical (unpaired) electrons. The fraction of sp³-hybridized carbons (Fsp3) is 0.556. The smallest absolute Gasteiger partial charge is 0.309 e. The van der Waals surface area contributed by atoms with Crippen molar-refractivity contribution in [1.29, 1.82) is 0 Å². The van der Waals surface area contributed by atoms with Gasteiger partial charge in [-0.2, -0.15) is 0 Å². The average Bonchev–Trinajstić information content (AvgIpc) is 2.59. The molecule has 1 aromatic carbocycles. The van der Waals surface area contributed by atoms with E-state index in [4.69, 9.17) is 4.74 Å². The topological polar surface area (TPSA) is 67.4 Å². The number of methoxy groups -OCH3 is 1. The van der Waals surface area contributed by atoms with Gasteiger partial charge in [0.25, 0.3) is 0 Å². The van der Waals surface area contributed by atoms with Crippen LogP contribution in [0.2, 0.25) is 0 Å². The van der Waals surface area contributed by atoms with Gasteiger partial charge in [-0.1, -0.05) is 51.3 Å². The minimum atomic E-state index is -0.610. The normalized spacial score (nSPS) is 11.6. The van der Waals surface area contributed by atoms with Crippen molar-refractivity contribution < 1.29 is 14.3 Å². The first kappa shape index (κ1) is 19.0. The molecule has 0 saturated heterocycles. The zero-order valence-corrected chi connectivity index (χ0v) is 14.4. The molecule has 0 saturated carbocycles. The molecule has 2 N–H and O–H groups in total. The standard InChI is InChI=1S/C18H28N2O3/c1-4-6-9-14(5-2)12-19-17(21)18(22)20-13-15-10-7-8-11-16(15)23-3/h7-8,10-11,14H,4-6,9,12-13H2,1-3H3,(H,19,21)(H,20,22)/t14-/m1/s1. The third-order valence-corrected chi connectivity index (χ3v) is 3.93. The molecule has 1 atom stereocenters. The highest BCUT2D eigenvalue weighted by Crippen LogP contribution is 2.16. The molecule has 0 heterocycles. The highest BCUT2D eigenvalue weighted by Gasteiger charge is 2.15. The lowest BCUT2D eigenvalue weighted by Crippen LogP contribution is -2.41. The van der Waals surface area contributed by atoms with Crippen molar-refractivity contribution in [3.8, 4) is 5.75 Å². The number of carbonyl (C=O) groups excluding carboxylic acids is 2. The van der Waals surface area contributed by atoms with Gasteiger partial charge in [0.2, 0.25) is 0 Å². The summed E-state index contributed by atoms with van der Waals surface area (Å²) in [5.41, 5.74) is 0.838. The number of hydrogen-bond acceptors (Lipinski definition) is 3. The molecule has 0 aliphatic heterocycles. The van der Waals surface area contributed by atoms with E-state index < -0.39 is 11.8 Å². The van der Waals surface area contributed by atoms with Gasteiger partial charge in [-0.25, -0.2) is 0 Å². The SMILES string of the molecule is CCCC[C@@H](CC)CNC(=O)C(=O)NCc1ccccc1OC. The number of nitrogens with one attached hydrogen (secondary N) is 2. The summed E-state index contributed by atoms with van der Waals surface area (Å²) in [5.74, 6) is -0.0594. The van der Waals surface area contributed by atoms with Gasteiger partial charge in [0.15, 0.2) is 0 Å². The van der Waals surface area contributed by atoms with Crippen molar-refractivity contribution in [2.45, 2.75) is 46.1 Å². The zero-order valence-electron chi connectivity index (χ0n) is 14.4. The monoisotopic (exact) mass is 320 g/mol. The Kier molecular flexibility index (Phi) is 8.80. The summed E-state index contributed by atoms with van der Waals surface area (Å²) in [6.07, 6.45) is 4.37. The molecule has 1 aromatic rings. The Balaban J connectivity index is 2.40. The van der Waals surface area contributed by atoms with Crippen LogP contribution in [0.1, 0.15) is 45.1 Å². The zero-order chi connectivity index (χ0) is 17.1. The van der Waals surface area contributed by atoms with Gasteiger partial charge in [0.1, 0.15) is 5.75 Å². The summed E-state index contributed by atoms with van der Waals surface area (Å²) in [5, 5.41) is 5.35. The fourth-order valence-corrected chi connectivity index (χ4v) is 2.37. The van der Waals surface area contributed by atoms with Crippen molar-refractivity contribution in [2.75, 3.05) is 13.7 Å². The quantitative estimate of drug-likeness (QED) is 0.687. The van der Waals surface area contributed by atoms with Crippen LogP contribution in [0.25, 0.3) is 0 Å². The maximum atomic E-state index is 11.9. The molecule has 128 valence electrons. The van der Waals surface area contributed by atoms with Crippen LogP contribution >= 0.6 is 0 Å². The van der Waals surface area contributed by atoms with Crippen LogP contribution in [0.15, 0.2) is 24.3 Å². The van der Waals surface area contributed by atoms with Gasteiger partial charge >= 0.3 is 11.8 Å². The fourth-order valence-electron chi connectivity index (χ4n) is 2.37. The highest BCUT2D eigenvalue weighted by molar-refractivity contribution is 6.35. The number of carbonyl (C=O) groups is 2. The molecular weight excluding hydrogens is 292 g/mol. The van der Waals surface area contributed by atoms with E-state index in [-0.39, 0.29) is 6.54 Å². The minimum Gasteiger partial charge on any atom is -0.496 e. The lowest BCUT2D eigenvalue weighted by atomic mass is 9.99. The summed E-state index contributed by atoms with van der Waals surface area (Å²) in [7, 11) is 1.58. The largest absolute Gasteiger partial charge is 0.496 e. The third-order valence-electron chi connectivity index (χ3n) is 3.93. The molecule has 0 unspecified atom stereocenters. The van der Waals surface area contributed by atoms with E-state index in [0.717, 1.165) is 31.2 Å². The summed E-state index contributed by atoms with van der Waals surface area (Å²) in [6.45, 7) is 5.07. The summed E-state index contributed by atoms with van der Waals surface area (Å²) < 4.78 is 5.22. The van der Waals surface area contributed by atoms with Gasteiger partial charge in [0.05, 0.1) is 7.11 Å². The Morgan fingerprint density at radius 2 is 1.83 bits per heavy atom. The van der Waals surface area contributed by atoms with Crippen LogP contribution in [-0.2, 0) is 16.1 Å². The van der Waals surface area contributed by atoms with Crippen molar-refractivity contribution in [2.24, 2.45) is 5.92 Å². The molecule has 5 heteroatoms. The first-order valence-corrected chi connectivity index (χ1v) is 8.30. The van der Waals surface area contributed by atoms with Crippen molar-refractivity contribution in [3.05, 3.63) is 29.8 Å². The van der Waals surface area contributed by atoms with E-state index >= 15 is 0 Å². The predicted octanol–water partition coefficient (Wildman–Crippen LogP) is 2.64. The molecule has 0 spiro atoms. The summed E-state index contributed by atoms with van der Waals surface area (Å²) >= 11 is 0. The van der Waals surface area contributed by atoms with Gasteiger partial charge in [-0.15, -0.1) is 0 Å². The Morgan fingerprint density at radius 1 is 1.13 bits per heavy atom. The number of para-hydroxylation sites is 1. The Labute approximate surface area is 138 Å². The second-order valence-electron chi connectivity index (χ2n) is 5.62. The van der Waals surface area contributed by atoms with Gasteiger partial charge in [0, 0.05) is 18.7 Å². The Bertz CT molecular complexity index is 503. The summed E-state index contributed by atoms with van der Waals surface area (Å²) in [6, 6.07) is 7.40. The first-order valence-electron chi connectivity index (χ1n) is 8.30. The average molecular weight is 320 g/mol. The number of hydrogen-bond donors (Lipinski definition) is 2. The van der Waals surface area contributed by atoms with E-state index in [9.17, 15) is 9.59 Å². The molecule has 23 heavy (non-hydrogen) atoms. The molecular formula is C18H28N2O3. The molecule has 1 rings (SSSR count). The van der Waals surface area contributed by atoms with E-state index in [2.05, 4.69) is 24.5 Å². The predicted molar refractivity (Wildman–Crippen MR) is 91.2 cm³/mol. The lowest BCUT2D eigenvalue weighted by molar-refractivity contribution is -0.139. The van der Waals surface area contributed by atoms with E-state index in [0.29, 0.717) is 18.2 Å². The van der Waals surface area contributed by atoms with Gasteiger partial charge in [-0.3, -0.25) is 9.59 Å². The number of amides is 2. The van der Waals surface area contributed by atoms with Crippen LogP contribution in [0, 0.1) is 5.92 Å². The van der Waals surface area contributed by atoms with Gasteiger partial charge in [-0.05, 0) is 18.4 Å². The van der Waals surface area contributed by atoms with Crippen molar-refractivity contribution in [3.63, 3.8) is 0 Å². The maximum Gasteiger partial charge on any atom is 0.309 e. The molecule has 0 fully saturated rings. The molecule has 2 amide bonds. The highest BCUT2D eigenvalue weighted by atomic mass is 16.5. The maximum absolute atomic E-state index is 11.9. The third kappa shape index (κ3) is 6.72. The lowest BCUT2D eigenvalue weighted by Gasteiger charge is -2.15. The van der Waals surface area contributed by atoms with Gasteiger partial charge < -0.3 is 15.4 Å². The molecule has 0 aromatic heterocycles. The van der Waals surface area contributed by atoms with Crippen molar-refractivity contribution in [1.82, 2.24) is 10.6 Å². The van der Waals surface area contributed by atoms with Crippen LogP contribution in [-0.4, -0.2) is 25.5 Å². The van der Waals surface area contributed by atoms with E-state index in [1.165, 1.54) is 0 Å². The molecule has 5 nitrogen and oxygen atoms in total. The molecule has 0 aliphatic carbocycles. The molecule has 0 bridgehead atoms. The number of rotatable bonds is 9. The summed E-state index contributed by atoms with van der Waals surface area (Å²) in [4.78, 5) is 23.7. The second-order valence-corrected chi connectivity index (χ2v) is 5.62. The second kappa shape index (κ2) is 10.6. The number of benzene rings is 1.